The fourth-order valence-electron chi connectivity index (χ4n) is 2.91. The molecule has 1 aliphatic heterocycles. The van der Waals surface area contributed by atoms with Crippen molar-refractivity contribution in [2.75, 3.05) is 6.54 Å². The predicted molar refractivity (Wildman–Crippen MR) is 66.7 cm³/mol. The molecular weight excluding hydrogens is 230 g/mol. The fraction of sp³-hybridized carbons (Fsp3) is 0.786. The first kappa shape index (κ1) is 13.2. The molecule has 1 saturated carbocycles. The van der Waals surface area contributed by atoms with Gasteiger partial charge in [-0.2, -0.15) is 0 Å². The van der Waals surface area contributed by atoms with Crippen LogP contribution >= 0.6 is 0 Å². The molecule has 0 atom stereocenters. The second-order valence-corrected chi connectivity index (χ2v) is 5.69. The Morgan fingerprint density at radius 3 is 2.22 bits per heavy atom. The van der Waals surface area contributed by atoms with E-state index >= 15 is 0 Å². The number of Topliss-reactive ketones (excluding diaryl/α,β-unsaturated/α-hetero) is 1. The lowest BCUT2D eigenvalue weighted by atomic mass is 9.85. The molecule has 2 amide bonds. The van der Waals surface area contributed by atoms with E-state index in [4.69, 9.17) is 0 Å². The highest BCUT2D eigenvalue weighted by Crippen LogP contribution is 2.25. The smallest absolute Gasteiger partial charge is 0.229 e. The van der Waals surface area contributed by atoms with Gasteiger partial charge >= 0.3 is 0 Å². The minimum Gasteiger partial charge on any atom is -0.297 e. The minimum atomic E-state index is -0.178. The molecule has 1 heterocycles. The zero-order chi connectivity index (χ0) is 13.1. The van der Waals surface area contributed by atoms with Crippen LogP contribution in [0.2, 0.25) is 0 Å². The molecule has 0 aromatic rings. The Morgan fingerprint density at radius 2 is 1.67 bits per heavy atom. The Hall–Kier alpha value is -1.19. The second-order valence-electron chi connectivity index (χ2n) is 5.69. The van der Waals surface area contributed by atoms with E-state index in [1.54, 1.807) is 0 Å². The number of amides is 2. The van der Waals surface area contributed by atoms with E-state index in [2.05, 4.69) is 0 Å². The third kappa shape index (κ3) is 2.98. The zero-order valence-electron chi connectivity index (χ0n) is 11.0. The molecule has 0 spiro atoms. The molecule has 2 rings (SSSR count). The molecule has 2 aliphatic rings. The van der Waals surface area contributed by atoms with Crippen LogP contribution in [0.4, 0.5) is 0 Å². The monoisotopic (exact) mass is 251 g/mol. The molecule has 0 unspecified atom stereocenters. The maximum Gasteiger partial charge on any atom is 0.229 e. The summed E-state index contributed by atoms with van der Waals surface area (Å²) in [4.78, 5) is 36.8. The van der Waals surface area contributed by atoms with Crippen molar-refractivity contribution in [1.82, 2.24) is 4.90 Å². The van der Waals surface area contributed by atoms with Gasteiger partial charge in [-0.05, 0) is 18.8 Å². The maximum absolute atomic E-state index is 12.1. The van der Waals surface area contributed by atoms with Crippen molar-refractivity contribution in [2.45, 2.75) is 51.9 Å². The summed E-state index contributed by atoms with van der Waals surface area (Å²) < 4.78 is 0. The Morgan fingerprint density at radius 1 is 1.11 bits per heavy atom. The molecule has 100 valence electrons. The number of carbonyl (C=O) groups is 3. The standard InChI is InChI=1S/C14H21NO3/c1-10-7-13(17)15(14(18)8-10)9-12(16)11-5-3-2-4-6-11/h10-11H,2-9H2,1H3. The van der Waals surface area contributed by atoms with Gasteiger partial charge in [-0.3, -0.25) is 19.3 Å². The summed E-state index contributed by atoms with van der Waals surface area (Å²) in [6.45, 7) is 1.91. The molecule has 4 nitrogen and oxygen atoms in total. The number of carbonyl (C=O) groups excluding carboxylic acids is 3. The van der Waals surface area contributed by atoms with Gasteiger partial charge in [0, 0.05) is 18.8 Å². The van der Waals surface area contributed by atoms with Crippen LogP contribution < -0.4 is 0 Å². The Kier molecular flexibility index (Phi) is 4.15. The predicted octanol–water partition coefficient (Wildman–Crippen LogP) is 1.92. The van der Waals surface area contributed by atoms with E-state index < -0.39 is 0 Å². The first-order valence-electron chi connectivity index (χ1n) is 6.94. The van der Waals surface area contributed by atoms with Crippen LogP contribution in [-0.2, 0) is 14.4 Å². The summed E-state index contributed by atoms with van der Waals surface area (Å²) in [6.07, 6.45) is 6.01. The number of piperidine rings is 1. The molecule has 0 bridgehead atoms. The number of hydrogen-bond donors (Lipinski definition) is 0. The molecule has 18 heavy (non-hydrogen) atoms. The average Bonchev–Trinajstić information content (AvgIpc) is 2.34. The number of likely N-dealkylation sites (tertiary alicyclic amines) is 1. The van der Waals surface area contributed by atoms with Gasteiger partial charge in [-0.15, -0.1) is 0 Å². The van der Waals surface area contributed by atoms with Crippen LogP contribution in [-0.4, -0.2) is 29.0 Å². The maximum atomic E-state index is 12.1. The molecule has 0 aromatic carbocycles. The van der Waals surface area contributed by atoms with Crippen LogP contribution in [0, 0.1) is 11.8 Å². The van der Waals surface area contributed by atoms with Gasteiger partial charge in [-0.25, -0.2) is 0 Å². The first-order chi connectivity index (χ1) is 8.58. The van der Waals surface area contributed by atoms with Crippen LogP contribution in [0.3, 0.4) is 0 Å². The van der Waals surface area contributed by atoms with E-state index in [1.165, 1.54) is 11.3 Å². The van der Waals surface area contributed by atoms with E-state index in [9.17, 15) is 14.4 Å². The van der Waals surface area contributed by atoms with Crippen molar-refractivity contribution in [2.24, 2.45) is 11.8 Å². The number of nitrogens with zero attached hydrogens (tertiary/aromatic N) is 1. The SMILES string of the molecule is CC1CC(=O)N(CC(=O)C2CCCCC2)C(=O)C1. The van der Waals surface area contributed by atoms with Crippen LogP contribution in [0.5, 0.6) is 0 Å². The highest BCUT2D eigenvalue weighted by molar-refractivity contribution is 6.01. The lowest BCUT2D eigenvalue weighted by Gasteiger charge is -2.29. The quantitative estimate of drug-likeness (QED) is 0.720. The van der Waals surface area contributed by atoms with Gasteiger partial charge < -0.3 is 0 Å². The van der Waals surface area contributed by atoms with Gasteiger partial charge in [0.05, 0.1) is 6.54 Å². The molecule has 1 aliphatic carbocycles. The first-order valence-corrected chi connectivity index (χ1v) is 6.94. The van der Waals surface area contributed by atoms with Gasteiger partial charge in [0.15, 0.2) is 5.78 Å². The number of hydrogen-bond acceptors (Lipinski definition) is 3. The molecular formula is C14H21NO3. The lowest BCUT2D eigenvalue weighted by Crippen LogP contribution is -2.46. The highest BCUT2D eigenvalue weighted by Gasteiger charge is 2.33. The topological polar surface area (TPSA) is 54.5 Å². The normalized spacial score (nSPS) is 23.5. The summed E-state index contributed by atoms with van der Waals surface area (Å²) in [5.41, 5.74) is 0. The second kappa shape index (κ2) is 5.63. The largest absolute Gasteiger partial charge is 0.297 e. The van der Waals surface area contributed by atoms with Crippen LogP contribution in [0.15, 0.2) is 0 Å². The van der Waals surface area contributed by atoms with Crippen molar-refractivity contribution in [3.05, 3.63) is 0 Å². The highest BCUT2D eigenvalue weighted by atomic mass is 16.2. The van der Waals surface area contributed by atoms with Crippen LogP contribution in [0.1, 0.15) is 51.9 Å². The van der Waals surface area contributed by atoms with Gasteiger partial charge in [0.25, 0.3) is 0 Å². The van der Waals surface area contributed by atoms with Gasteiger partial charge in [0.2, 0.25) is 11.8 Å². The molecule has 1 saturated heterocycles. The van der Waals surface area contributed by atoms with E-state index in [1.807, 2.05) is 6.92 Å². The van der Waals surface area contributed by atoms with E-state index in [-0.39, 0.29) is 36.0 Å². The molecule has 0 N–H and O–H groups in total. The third-order valence-corrected chi connectivity index (χ3v) is 4.02. The van der Waals surface area contributed by atoms with Crippen molar-refractivity contribution in [3.8, 4) is 0 Å². The van der Waals surface area contributed by atoms with Gasteiger partial charge in [0.1, 0.15) is 0 Å². The Bertz CT molecular complexity index is 340. The zero-order valence-corrected chi connectivity index (χ0v) is 11.0. The Labute approximate surface area is 108 Å². The molecule has 2 fully saturated rings. The van der Waals surface area contributed by atoms with Gasteiger partial charge in [-0.1, -0.05) is 26.2 Å². The summed E-state index contributed by atoms with van der Waals surface area (Å²) in [7, 11) is 0. The molecule has 4 heteroatoms. The fourth-order valence-corrected chi connectivity index (χ4v) is 2.91. The van der Waals surface area contributed by atoms with Crippen molar-refractivity contribution in [3.63, 3.8) is 0 Å². The third-order valence-electron chi connectivity index (χ3n) is 4.02. The summed E-state index contributed by atoms with van der Waals surface area (Å²) in [5, 5.41) is 0. The number of ketones is 1. The molecule has 0 radical (unpaired) electrons. The minimum absolute atomic E-state index is 0.00898. The average molecular weight is 251 g/mol. The van der Waals surface area contributed by atoms with Crippen molar-refractivity contribution in [1.29, 1.82) is 0 Å². The number of imide groups is 1. The summed E-state index contributed by atoms with van der Waals surface area (Å²) in [6, 6.07) is 0. The van der Waals surface area contributed by atoms with E-state index in [0.717, 1.165) is 25.7 Å². The van der Waals surface area contributed by atoms with Crippen molar-refractivity contribution >= 4 is 17.6 Å². The molecule has 0 aromatic heterocycles. The lowest BCUT2D eigenvalue weighted by molar-refractivity contribution is -0.152. The Balaban J connectivity index is 1.93. The summed E-state index contributed by atoms with van der Waals surface area (Å²) in [5.74, 6) is -0.0958. The van der Waals surface area contributed by atoms with E-state index in [0.29, 0.717) is 12.8 Å². The summed E-state index contributed by atoms with van der Waals surface area (Å²) >= 11 is 0. The van der Waals surface area contributed by atoms with Crippen LogP contribution in [0.25, 0.3) is 0 Å². The number of rotatable bonds is 3. The van der Waals surface area contributed by atoms with Crippen molar-refractivity contribution < 1.29 is 14.4 Å².